The molecule has 1 aliphatic rings. The molecule has 0 aliphatic carbocycles. The average Bonchev–Trinajstić information content (AvgIpc) is 2.84. The fourth-order valence-corrected chi connectivity index (χ4v) is 4.40. The molecule has 35 heavy (non-hydrogen) atoms. The molecule has 6 nitrogen and oxygen atoms in total. The van der Waals surface area contributed by atoms with Crippen LogP contribution in [-0.2, 0) is 16.2 Å². The molecule has 0 atom stereocenters. The van der Waals surface area contributed by atoms with Crippen LogP contribution in [0.25, 0.3) is 6.08 Å². The summed E-state index contributed by atoms with van der Waals surface area (Å²) in [4.78, 5) is 27.3. The summed E-state index contributed by atoms with van der Waals surface area (Å²) >= 11 is 21.1. The first-order valence-corrected chi connectivity index (χ1v) is 12.0. The number of amides is 2. The fraction of sp³-hybridized carbons (Fsp3) is 0.0400. The standard InChI is InChI=1S/C25H14BrCl2N3O3S/c26-17-8-9-21(34-13-15-5-2-1-4-14(15)12-29)16(10-17)11-18-23(32)30-25(35)31(24(18)33)20-7-3-6-19(27)22(20)28/h1-11H,13H2,(H,30,32,35)/b18-11+. The third kappa shape index (κ3) is 5.24. The Morgan fingerprint density at radius 1 is 1.11 bits per heavy atom. The summed E-state index contributed by atoms with van der Waals surface area (Å²) in [6, 6.07) is 19.2. The number of hydrogen-bond donors (Lipinski definition) is 1. The Morgan fingerprint density at radius 2 is 1.89 bits per heavy atom. The number of ether oxygens (including phenoxy) is 1. The van der Waals surface area contributed by atoms with E-state index in [2.05, 4.69) is 27.3 Å². The first-order valence-electron chi connectivity index (χ1n) is 10.1. The molecular formula is C25H14BrCl2N3O3S. The Labute approximate surface area is 224 Å². The van der Waals surface area contributed by atoms with E-state index in [1.165, 1.54) is 6.08 Å². The molecule has 0 radical (unpaired) electrons. The molecule has 0 saturated carbocycles. The van der Waals surface area contributed by atoms with Gasteiger partial charge in [-0.3, -0.25) is 19.8 Å². The zero-order valence-electron chi connectivity index (χ0n) is 17.7. The molecule has 3 aromatic rings. The van der Waals surface area contributed by atoms with Crippen LogP contribution >= 0.6 is 51.3 Å². The minimum atomic E-state index is -0.663. The monoisotopic (exact) mass is 585 g/mol. The Balaban J connectivity index is 1.71. The van der Waals surface area contributed by atoms with Gasteiger partial charge in [0.2, 0.25) is 0 Å². The van der Waals surface area contributed by atoms with E-state index in [1.54, 1.807) is 54.6 Å². The van der Waals surface area contributed by atoms with Gasteiger partial charge in [-0.2, -0.15) is 5.26 Å². The molecule has 1 N–H and O–H groups in total. The van der Waals surface area contributed by atoms with Crippen molar-refractivity contribution in [1.82, 2.24) is 5.32 Å². The second-order valence-corrected chi connectivity index (χ2v) is 9.36. The normalized spacial score (nSPS) is 14.6. The summed E-state index contributed by atoms with van der Waals surface area (Å²) in [5.41, 5.74) is 1.75. The van der Waals surface area contributed by atoms with Gasteiger partial charge >= 0.3 is 0 Å². The molecular weight excluding hydrogens is 573 g/mol. The second kappa shape index (κ2) is 10.6. The molecule has 3 aromatic carbocycles. The molecule has 174 valence electrons. The number of hydrogen-bond acceptors (Lipinski definition) is 5. The highest BCUT2D eigenvalue weighted by Crippen LogP contribution is 2.35. The lowest BCUT2D eigenvalue weighted by Crippen LogP contribution is -2.54. The van der Waals surface area contributed by atoms with Gasteiger partial charge in [-0.25, -0.2) is 0 Å². The molecule has 0 spiro atoms. The molecule has 2 amide bonds. The van der Waals surface area contributed by atoms with E-state index in [1.807, 2.05) is 6.07 Å². The number of thiocarbonyl (C=S) groups is 1. The summed E-state index contributed by atoms with van der Waals surface area (Å²) in [5, 5.41) is 12.1. The number of nitrogens with zero attached hydrogens (tertiary/aromatic N) is 2. The number of halogens is 3. The molecule has 0 unspecified atom stereocenters. The summed E-state index contributed by atoms with van der Waals surface area (Å²) in [6.45, 7) is 0.121. The van der Waals surface area contributed by atoms with Gasteiger partial charge in [-0.1, -0.05) is 63.4 Å². The zero-order chi connectivity index (χ0) is 25.1. The molecule has 4 rings (SSSR count). The number of carbonyl (C=O) groups is 2. The summed E-state index contributed by atoms with van der Waals surface area (Å²) in [5.74, 6) is -0.909. The summed E-state index contributed by atoms with van der Waals surface area (Å²) < 4.78 is 6.67. The second-order valence-electron chi connectivity index (χ2n) is 7.27. The van der Waals surface area contributed by atoms with Crippen molar-refractivity contribution in [3.8, 4) is 11.8 Å². The Kier molecular flexibility index (Phi) is 7.53. The van der Waals surface area contributed by atoms with Gasteiger partial charge in [0.25, 0.3) is 11.8 Å². The van der Waals surface area contributed by atoms with Crippen molar-refractivity contribution in [2.45, 2.75) is 6.61 Å². The highest BCUT2D eigenvalue weighted by Gasteiger charge is 2.36. The zero-order valence-corrected chi connectivity index (χ0v) is 21.6. The Morgan fingerprint density at radius 3 is 2.66 bits per heavy atom. The molecule has 0 aromatic heterocycles. The highest BCUT2D eigenvalue weighted by molar-refractivity contribution is 9.10. The van der Waals surface area contributed by atoms with E-state index in [4.69, 9.17) is 40.2 Å². The number of nitrogens with one attached hydrogen (secondary N) is 1. The first kappa shape index (κ1) is 24.9. The van der Waals surface area contributed by atoms with Gasteiger partial charge in [-0.15, -0.1) is 0 Å². The van der Waals surface area contributed by atoms with E-state index in [-0.39, 0.29) is 33.0 Å². The van der Waals surface area contributed by atoms with Crippen LogP contribution in [0.4, 0.5) is 5.69 Å². The quantitative estimate of drug-likeness (QED) is 0.224. The fourth-order valence-electron chi connectivity index (χ4n) is 3.37. The van der Waals surface area contributed by atoms with Crippen LogP contribution in [0.3, 0.4) is 0 Å². The van der Waals surface area contributed by atoms with Crippen molar-refractivity contribution in [3.05, 3.63) is 97.4 Å². The maximum atomic E-state index is 13.4. The van der Waals surface area contributed by atoms with Crippen molar-refractivity contribution in [3.63, 3.8) is 0 Å². The van der Waals surface area contributed by atoms with Crippen LogP contribution in [0.1, 0.15) is 16.7 Å². The van der Waals surface area contributed by atoms with Gasteiger partial charge in [0.15, 0.2) is 5.11 Å². The van der Waals surface area contributed by atoms with Crippen molar-refractivity contribution in [2.75, 3.05) is 4.90 Å². The lowest BCUT2D eigenvalue weighted by atomic mass is 10.1. The van der Waals surface area contributed by atoms with Crippen LogP contribution < -0.4 is 15.0 Å². The van der Waals surface area contributed by atoms with Gasteiger partial charge in [-0.05, 0) is 54.7 Å². The lowest BCUT2D eigenvalue weighted by Gasteiger charge is -2.29. The molecule has 0 bridgehead atoms. The number of rotatable bonds is 5. The van der Waals surface area contributed by atoms with Gasteiger partial charge < -0.3 is 4.74 Å². The van der Waals surface area contributed by atoms with Crippen molar-refractivity contribution >= 4 is 80.0 Å². The molecule has 10 heteroatoms. The maximum Gasteiger partial charge on any atom is 0.270 e. The minimum Gasteiger partial charge on any atom is -0.488 e. The van der Waals surface area contributed by atoms with Gasteiger partial charge in [0.05, 0.1) is 27.4 Å². The maximum absolute atomic E-state index is 13.4. The smallest absolute Gasteiger partial charge is 0.270 e. The lowest BCUT2D eigenvalue weighted by molar-refractivity contribution is -0.122. The van der Waals surface area contributed by atoms with Crippen molar-refractivity contribution < 1.29 is 14.3 Å². The van der Waals surface area contributed by atoms with Crippen LogP contribution in [-0.4, -0.2) is 16.9 Å². The third-order valence-electron chi connectivity index (χ3n) is 5.07. The summed E-state index contributed by atoms with van der Waals surface area (Å²) in [7, 11) is 0. The van der Waals surface area contributed by atoms with Crippen LogP contribution in [0, 0.1) is 11.3 Å². The van der Waals surface area contributed by atoms with E-state index in [0.717, 1.165) is 4.90 Å². The van der Waals surface area contributed by atoms with E-state index in [9.17, 15) is 14.9 Å². The largest absolute Gasteiger partial charge is 0.488 e. The third-order valence-corrected chi connectivity index (χ3v) is 6.65. The molecule has 1 heterocycles. The molecule has 1 saturated heterocycles. The Hall–Kier alpha value is -3.22. The molecule has 1 aliphatic heterocycles. The van der Waals surface area contributed by atoms with E-state index >= 15 is 0 Å². The van der Waals surface area contributed by atoms with Crippen molar-refractivity contribution in [1.29, 1.82) is 5.26 Å². The topological polar surface area (TPSA) is 82.4 Å². The van der Waals surface area contributed by atoms with E-state index in [0.29, 0.717) is 26.9 Å². The predicted octanol–water partition coefficient (Wildman–Crippen LogP) is 6.04. The number of nitriles is 1. The Bertz CT molecular complexity index is 1450. The van der Waals surface area contributed by atoms with E-state index < -0.39 is 11.8 Å². The number of carbonyl (C=O) groups excluding carboxylic acids is 2. The number of anilines is 1. The first-order chi connectivity index (χ1) is 16.8. The average molecular weight is 587 g/mol. The van der Waals surface area contributed by atoms with Crippen LogP contribution in [0.5, 0.6) is 5.75 Å². The SMILES string of the molecule is N#Cc1ccccc1COc1ccc(Br)cc1/C=C1\C(=O)NC(=S)N(c2cccc(Cl)c2Cl)C1=O. The predicted molar refractivity (Wildman–Crippen MR) is 142 cm³/mol. The minimum absolute atomic E-state index is 0.111. The van der Waals surface area contributed by atoms with Gasteiger partial charge in [0.1, 0.15) is 17.9 Å². The van der Waals surface area contributed by atoms with Crippen molar-refractivity contribution in [2.24, 2.45) is 0 Å². The summed E-state index contributed by atoms with van der Waals surface area (Å²) in [6.07, 6.45) is 1.42. The number of benzene rings is 3. The molecule has 1 fully saturated rings. The van der Waals surface area contributed by atoms with Crippen LogP contribution in [0.15, 0.2) is 70.7 Å². The van der Waals surface area contributed by atoms with Crippen LogP contribution in [0.2, 0.25) is 10.0 Å². The highest BCUT2D eigenvalue weighted by atomic mass is 79.9. The van der Waals surface area contributed by atoms with Gasteiger partial charge in [0, 0.05) is 15.6 Å².